The van der Waals surface area contributed by atoms with Crippen LogP contribution in [0.15, 0.2) is 0 Å². The van der Waals surface area contributed by atoms with Crippen LogP contribution in [0, 0.1) is 0 Å². The van der Waals surface area contributed by atoms with Gasteiger partial charge in [-0.3, -0.25) is 0 Å². The SMILES string of the molecule is O=CCC[SH](=O)=O. The molecule has 0 atom stereocenters. The molecule has 0 aromatic rings. The molecule has 0 fully saturated rings. The van der Waals surface area contributed by atoms with E-state index in [9.17, 15) is 13.2 Å². The number of hydrogen-bond donors (Lipinski definition) is 1. The largest absolute Gasteiger partial charge is 0.303 e. The quantitative estimate of drug-likeness (QED) is 0.393. The summed E-state index contributed by atoms with van der Waals surface area (Å²) >= 11 is 0. The van der Waals surface area contributed by atoms with Crippen molar-refractivity contribution in [2.45, 2.75) is 6.42 Å². The van der Waals surface area contributed by atoms with E-state index in [-0.39, 0.29) is 12.2 Å². The molecule has 0 aliphatic carbocycles. The molecule has 0 N–H and O–H groups in total. The van der Waals surface area contributed by atoms with Gasteiger partial charge in [0.1, 0.15) is 17.0 Å². The van der Waals surface area contributed by atoms with E-state index in [4.69, 9.17) is 0 Å². The van der Waals surface area contributed by atoms with Crippen molar-refractivity contribution >= 4 is 17.0 Å². The van der Waals surface area contributed by atoms with Gasteiger partial charge < -0.3 is 4.79 Å². The zero-order chi connectivity index (χ0) is 5.70. The normalized spacial score (nSPS) is 9.29. The molecule has 7 heavy (non-hydrogen) atoms. The molecule has 0 bridgehead atoms. The summed E-state index contributed by atoms with van der Waals surface area (Å²) < 4.78 is 19.3. The minimum atomic E-state index is -2.34. The molecule has 42 valence electrons. The van der Waals surface area contributed by atoms with Crippen LogP contribution in [0.4, 0.5) is 0 Å². The van der Waals surface area contributed by atoms with Crippen molar-refractivity contribution in [3.05, 3.63) is 0 Å². The fraction of sp³-hybridized carbons (Fsp3) is 0.667. The van der Waals surface area contributed by atoms with E-state index in [0.717, 1.165) is 0 Å². The van der Waals surface area contributed by atoms with Gasteiger partial charge in [0.25, 0.3) is 0 Å². The van der Waals surface area contributed by atoms with Crippen LogP contribution in [-0.4, -0.2) is 20.5 Å². The lowest BCUT2D eigenvalue weighted by Gasteiger charge is -1.72. The molecule has 0 amide bonds. The Morgan fingerprint density at radius 2 is 2.00 bits per heavy atom. The van der Waals surface area contributed by atoms with Gasteiger partial charge in [0, 0.05) is 6.42 Å². The van der Waals surface area contributed by atoms with Crippen molar-refractivity contribution in [1.29, 1.82) is 0 Å². The Kier molecular flexibility index (Phi) is 3.59. The van der Waals surface area contributed by atoms with E-state index in [1.54, 1.807) is 0 Å². The van der Waals surface area contributed by atoms with E-state index < -0.39 is 10.7 Å². The van der Waals surface area contributed by atoms with Gasteiger partial charge in [-0.1, -0.05) is 0 Å². The third kappa shape index (κ3) is 5.62. The van der Waals surface area contributed by atoms with E-state index >= 15 is 0 Å². The highest BCUT2D eigenvalue weighted by molar-refractivity contribution is 7.72. The smallest absolute Gasteiger partial charge is 0.140 e. The fourth-order valence-electron chi connectivity index (χ4n) is 0.158. The Morgan fingerprint density at radius 1 is 1.43 bits per heavy atom. The van der Waals surface area contributed by atoms with E-state index in [2.05, 4.69) is 0 Å². The lowest BCUT2D eigenvalue weighted by atomic mass is 10.6. The fourth-order valence-corrected chi connectivity index (χ4v) is 0.474. The average Bonchev–Trinajstić information content (AvgIpc) is 1.61. The van der Waals surface area contributed by atoms with Gasteiger partial charge >= 0.3 is 0 Å². The lowest BCUT2D eigenvalue weighted by Crippen LogP contribution is -1.86. The maximum absolute atomic E-state index is 9.64. The molecule has 4 heteroatoms. The first-order chi connectivity index (χ1) is 3.27. The first kappa shape index (κ1) is 6.62. The number of carbonyl (C=O) groups is 1. The molecule has 3 nitrogen and oxygen atoms in total. The molecule has 0 aliphatic rings. The van der Waals surface area contributed by atoms with E-state index in [1.165, 1.54) is 0 Å². The van der Waals surface area contributed by atoms with Crippen LogP contribution in [0.1, 0.15) is 6.42 Å². The molecule has 0 unspecified atom stereocenters. The Morgan fingerprint density at radius 3 is 2.14 bits per heavy atom. The van der Waals surface area contributed by atoms with Crippen LogP contribution >= 0.6 is 0 Å². The number of rotatable bonds is 3. The summed E-state index contributed by atoms with van der Waals surface area (Å²) in [5.41, 5.74) is 0. The predicted octanol–water partition coefficient (Wildman–Crippen LogP) is -0.813. The van der Waals surface area contributed by atoms with Crippen LogP contribution < -0.4 is 0 Å². The predicted molar refractivity (Wildman–Crippen MR) is 25.9 cm³/mol. The standard InChI is InChI=1S/C3H6O3S/c4-2-1-3-7(5)6/h2,7H,1,3H2. The molecule has 0 heterocycles. The molecule has 0 rings (SSSR count). The zero-order valence-electron chi connectivity index (χ0n) is 3.66. The summed E-state index contributed by atoms with van der Waals surface area (Å²) in [6.07, 6.45) is 0.712. The summed E-state index contributed by atoms with van der Waals surface area (Å²) in [6.45, 7) is 0. The third-order valence-corrected chi connectivity index (χ3v) is 1.05. The number of hydrogen-bond acceptors (Lipinski definition) is 3. The minimum Gasteiger partial charge on any atom is -0.303 e. The van der Waals surface area contributed by atoms with Gasteiger partial charge in [-0.2, -0.15) is 0 Å². The number of carbonyl (C=O) groups excluding carboxylic acids is 1. The van der Waals surface area contributed by atoms with Crippen LogP contribution in [0.25, 0.3) is 0 Å². The molecular formula is C3H6O3S. The van der Waals surface area contributed by atoms with E-state index in [1.807, 2.05) is 0 Å². The average molecular weight is 122 g/mol. The number of aldehydes is 1. The maximum atomic E-state index is 9.64. The van der Waals surface area contributed by atoms with Crippen molar-refractivity contribution in [3.8, 4) is 0 Å². The van der Waals surface area contributed by atoms with Gasteiger partial charge in [0.05, 0.1) is 5.75 Å². The summed E-state index contributed by atoms with van der Waals surface area (Å²) in [5.74, 6) is -0.0150. The summed E-state index contributed by atoms with van der Waals surface area (Å²) in [5, 5.41) is 0. The zero-order valence-corrected chi connectivity index (χ0v) is 4.56. The lowest BCUT2D eigenvalue weighted by molar-refractivity contribution is -0.107. The summed E-state index contributed by atoms with van der Waals surface area (Å²) in [7, 11) is -2.34. The molecule has 0 aromatic heterocycles. The Bertz CT molecular complexity index is 107. The molecule has 0 saturated carbocycles. The number of thiol groups is 1. The van der Waals surface area contributed by atoms with Crippen molar-refractivity contribution in [2.75, 3.05) is 5.75 Å². The second-order valence-corrected chi connectivity index (χ2v) is 2.12. The van der Waals surface area contributed by atoms with Gasteiger partial charge in [0.15, 0.2) is 0 Å². The van der Waals surface area contributed by atoms with Gasteiger partial charge in [-0.05, 0) is 0 Å². The first-order valence-corrected chi connectivity index (χ1v) is 3.19. The van der Waals surface area contributed by atoms with Crippen molar-refractivity contribution in [1.82, 2.24) is 0 Å². The molecule has 0 spiro atoms. The molecule has 0 aromatic carbocycles. The van der Waals surface area contributed by atoms with Gasteiger partial charge in [-0.15, -0.1) is 0 Å². The van der Waals surface area contributed by atoms with Crippen molar-refractivity contribution in [3.63, 3.8) is 0 Å². The van der Waals surface area contributed by atoms with Crippen molar-refractivity contribution in [2.24, 2.45) is 0 Å². The second kappa shape index (κ2) is 3.80. The van der Waals surface area contributed by atoms with Crippen molar-refractivity contribution < 1.29 is 13.2 Å². The highest BCUT2D eigenvalue weighted by Crippen LogP contribution is 1.69. The summed E-state index contributed by atoms with van der Waals surface area (Å²) in [6, 6.07) is 0. The van der Waals surface area contributed by atoms with Gasteiger partial charge in [0.2, 0.25) is 0 Å². The Hall–Kier alpha value is -0.380. The first-order valence-electron chi connectivity index (χ1n) is 1.83. The van der Waals surface area contributed by atoms with Crippen LogP contribution in [0.2, 0.25) is 0 Å². The minimum absolute atomic E-state index is 0.0150. The Balaban J connectivity index is 3.14. The van der Waals surface area contributed by atoms with Crippen LogP contribution in [0.3, 0.4) is 0 Å². The van der Waals surface area contributed by atoms with E-state index in [0.29, 0.717) is 6.29 Å². The summed E-state index contributed by atoms with van der Waals surface area (Å²) in [4.78, 5) is 9.44. The molecule has 0 radical (unpaired) electrons. The van der Waals surface area contributed by atoms with Gasteiger partial charge in [-0.25, -0.2) is 8.42 Å². The molecule has 0 saturated heterocycles. The van der Waals surface area contributed by atoms with Crippen LogP contribution in [-0.2, 0) is 15.5 Å². The molecular weight excluding hydrogens is 116 g/mol. The Labute approximate surface area is 43.3 Å². The highest BCUT2D eigenvalue weighted by Gasteiger charge is 1.81. The monoisotopic (exact) mass is 122 g/mol. The van der Waals surface area contributed by atoms with Crippen LogP contribution in [0.5, 0.6) is 0 Å². The topological polar surface area (TPSA) is 51.2 Å². The maximum Gasteiger partial charge on any atom is 0.140 e. The highest BCUT2D eigenvalue weighted by atomic mass is 32.2. The third-order valence-electron chi connectivity index (χ3n) is 0.430. The second-order valence-electron chi connectivity index (χ2n) is 1.01. The molecule has 0 aliphatic heterocycles.